The first-order valence-corrected chi connectivity index (χ1v) is 5.16. The minimum atomic E-state index is -1.64. The van der Waals surface area contributed by atoms with Crippen LogP contribution in [-0.4, -0.2) is 53.9 Å². The van der Waals surface area contributed by atoms with E-state index in [2.05, 4.69) is 16.0 Å². The van der Waals surface area contributed by atoms with E-state index < -0.39 is 18.1 Å². The molecule has 3 amide bonds. The number of hydrogen-bond donors (Lipinski definition) is 5. The van der Waals surface area contributed by atoms with Gasteiger partial charge in [-0.3, -0.25) is 4.79 Å². The zero-order chi connectivity index (χ0) is 13.3. The Labute approximate surface area is 98.4 Å². The number of aliphatic hydroxyl groups is 1. The fraction of sp³-hybridized carbons (Fsp3) is 0.667. The van der Waals surface area contributed by atoms with Crippen LogP contribution in [0.2, 0.25) is 0 Å². The molecule has 1 atom stereocenters. The van der Waals surface area contributed by atoms with Crippen LogP contribution < -0.4 is 16.0 Å². The maximum absolute atomic E-state index is 11.1. The van der Waals surface area contributed by atoms with Gasteiger partial charge in [0.05, 0.1) is 6.54 Å². The number of carboxylic acid groups (broad SMARTS) is 1. The summed E-state index contributed by atoms with van der Waals surface area (Å²) in [5.74, 6) is -1.59. The molecule has 98 valence electrons. The van der Waals surface area contributed by atoms with Crippen LogP contribution in [0.4, 0.5) is 4.79 Å². The number of carbonyl (C=O) groups excluding carboxylic acids is 2. The molecule has 0 aromatic heterocycles. The van der Waals surface area contributed by atoms with Crippen molar-refractivity contribution in [3.63, 3.8) is 0 Å². The van der Waals surface area contributed by atoms with Crippen LogP contribution in [0.3, 0.4) is 0 Å². The number of urea groups is 1. The van der Waals surface area contributed by atoms with Crippen LogP contribution in [0.1, 0.15) is 13.3 Å². The Morgan fingerprint density at radius 1 is 1.18 bits per heavy atom. The van der Waals surface area contributed by atoms with Gasteiger partial charge in [0.2, 0.25) is 5.91 Å². The maximum Gasteiger partial charge on any atom is 0.334 e. The highest BCUT2D eigenvalue weighted by Crippen LogP contribution is 1.81. The van der Waals surface area contributed by atoms with E-state index in [4.69, 9.17) is 10.2 Å². The third-order valence-electron chi connectivity index (χ3n) is 1.75. The summed E-state index contributed by atoms with van der Waals surface area (Å²) in [5, 5.41) is 24.2. The van der Waals surface area contributed by atoms with Crippen LogP contribution in [0.15, 0.2) is 0 Å². The lowest BCUT2D eigenvalue weighted by Gasteiger charge is -2.09. The van der Waals surface area contributed by atoms with Crippen molar-refractivity contribution >= 4 is 17.9 Å². The average Bonchev–Trinajstić information content (AvgIpc) is 2.26. The molecular formula is C9H17N3O5. The Morgan fingerprint density at radius 2 is 1.82 bits per heavy atom. The third kappa shape index (κ3) is 8.03. The van der Waals surface area contributed by atoms with Gasteiger partial charge in [0.1, 0.15) is 0 Å². The number of aliphatic hydroxyl groups excluding tert-OH is 1. The van der Waals surface area contributed by atoms with Crippen molar-refractivity contribution in [2.45, 2.75) is 19.4 Å². The Balaban J connectivity index is 3.60. The van der Waals surface area contributed by atoms with Crippen LogP contribution in [0.25, 0.3) is 0 Å². The molecular weight excluding hydrogens is 230 g/mol. The van der Waals surface area contributed by atoms with Crippen molar-refractivity contribution in [1.82, 2.24) is 16.0 Å². The number of amides is 3. The predicted molar refractivity (Wildman–Crippen MR) is 58.3 cm³/mol. The van der Waals surface area contributed by atoms with E-state index >= 15 is 0 Å². The first kappa shape index (κ1) is 15.2. The molecule has 0 aromatic carbocycles. The summed E-state index contributed by atoms with van der Waals surface area (Å²) < 4.78 is 0. The second-order valence-electron chi connectivity index (χ2n) is 3.19. The SMILES string of the molecule is CCNC(=O)CCNC(=O)NC[C@H](O)C(=O)O. The van der Waals surface area contributed by atoms with Crippen molar-refractivity contribution < 1.29 is 24.6 Å². The molecule has 5 N–H and O–H groups in total. The summed E-state index contributed by atoms with van der Waals surface area (Å²) in [7, 11) is 0. The number of hydrogen-bond acceptors (Lipinski definition) is 4. The van der Waals surface area contributed by atoms with Gasteiger partial charge in [-0.15, -0.1) is 0 Å². The van der Waals surface area contributed by atoms with Gasteiger partial charge < -0.3 is 26.2 Å². The van der Waals surface area contributed by atoms with E-state index in [0.29, 0.717) is 6.54 Å². The second-order valence-corrected chi connectivity index (χ2v) is 3.19. The smallest absolute Gasteiger partial charge is 0.334 e. The third-order valence-corrected chi connectivity index (χ3v) is 1.75. The van der Waals surface area contributed by atoms with Gasteiger partial charge in [0, 0.05) is 19.5 Å². The zero-order valence-corrected chi connectivity index (χ0v) is 9.52. The Hall–Kier alpha value is -1.83. The minimum Gasteiger partial charge on any atom is -0.479 e. The lowest BCUT2D eigenvalue weighted by atomic mass is 10.3. The standard InChI is InChI=1S/C9H17N3O5/c1-2-10-7(14)3-4-11-9(17)12-5-6(13)8(15)16/h6,13H,2-5H2,1H3,(H,10,14)(H,15,16)(H2,11,12,17)/t6-/m0/s1. The second kappa shape index (κ2) is 8.34. The molecule has 17 heavy (non-hydrogen) atoms. The van der Waals surface area contributed by atoms with E-state index in [1.165, 1.54) is 0 Å². The lowest BCUT2D eigenvalue weighted by molar-refractivity contribution is -0.146. The molecule has 0 rings (SSSR count). The summed E-state index contributed by atoms with van der Waals surface area (Å²) in [6.45, 7) is 2.06. The highest BCUT2D eigenvalue weighted by Gasteiger charge is 2.13. The number of carbonyl (C=O) groups is 3. The normalized spacial score (nSPS) is 11.4. The molecule has 0 aliphatic heterocycles. The van der Waals surface area contributed by atoms with Crippen LogP contribution in [-0.2, 0) is 9.59 Å². The maximum atomic E-state index is 11.1. The van der Waals surface area contributed by atoms with E-state index in [1.54, 1.807) is 6.92 Å². The van der Waals surface area contributed by atoms with Gasteiger partial charge in [-0.2, -0.15) is 0 Å². The highest BCUT2D eigenvalue weighted by atomic mass is 16.4. The van der Waals surface area contributed by atoms with E-state index in [0.717, 1.165) is 0 Å². The lowest BCUT2D eigenvalue weighted by Crippen LogP contribution is -2.43. The van der Waals surface area contributed by atoms with Crippen molar-refractivity contribution in [3.05, 3.63) is 0 Å². The molecule has 0 bridgehead atoms. The average molecular weight is 247 g/mol. The van der Waals surface area contributed by atoms with Crippen LogP contribution in [0, 0.1) is 0 Å². The summed E-state index contributed by atoms with van der Waals surface area (Å²) in [5.41, 5.74) is 0. The summed E-state index contributed by atoms with van der Waals surface area (Å²) in [4.78, 5) is 32.2. The highest BCUT2D eigenvalue weighted by molar-refractivity contribution is 5.78. The Kier molecular flexibility index (Phi) is 7.44. The quantitative estimate of drug-likeness (QED) is 0.365. The topological polar surface area (TPSA) is 128 Å². The first-order chi connectivity index (χ1) is 7.97. The van der Waals surface area contributed by atoms with Crippen molar-refractivity contribution in [1.29, 1.82) is 0 Å². The van der Waals surface area contributed by atoms with Gasteiger partial charge in [-0.05, 0) is 6.92 Å². The number of aliphatic carboxylic acids is 1. The van der Waals surface area contributed by atoms with Crippen molar-refractivity contribution in [2.24, 2.45) is 0 Å². The summed E-state index contributed by atoms with van der Waals surface area (Å²) in [6.07, 6.45) is -1.49. The molecule has 0 saturated heterocycles. The van der Waals surface area contributed by atoms with Crippen molar-refractivity contribution in [2.75, 3.05) is 19.6 Å². The molecule has 0 radical (unpaired) electrons. The monoisotopic (exact) mass is 247 g/mol. The number of nitrogens with one attached hydrogen (secondary N) is 3. The Bertz CT molecular complexity index is 282. The van der Waals surface area contributed by atoms with Gasteiger partial charge in [-0.25, -0.2) is 9.59 Å². The van der Waals surface area contributed by atoms with Crippen LogP contribution in [0.5, 0.6) is 0 Å². The van der Waals surface area contributed by atoms with E-state index in [1.807, 2.05) is 0 Å². The molecule has 0 aliphatic carbocycles. The molecule has 0 fully saturated rings. The first-order valence-electron chi connectivity index (χ1n) is 5.16. The fourth-order valence-corrected chi connectivity index (χ4v) is 0.914. The van der Waals surface area contributed by atoms with E-state index in [9.17, 15) is 14.4 Å². The van der Waals surface area contributed by atoms with Crippen LogP contribution >= 0.6 is 0 Å². The number of carboxylic acids is 1. The van der Waals surface area contributed by atoms with Gasteiger partial charge in [0.25, 0.3) is 0 Å². The van der Waals surface area contributed by atoms with Crippen molar-refractivity contribution in [3.8, 4) is 0 Å². The van der Waals surface area contributed by atoms with E-state index in [-0.39, 0.29) is 25.4 Å². The minimum absolute atomic E-state index is 0.140. The zero-order valence-electron chi connectivity index (χ0n) is 9.52. The molecule has 8 heteroatoms. The molecule has 8 nitrogen and oxygen atoms in total. The Morgan fingerprint density at radius 3 is 2.35 bits per heavy atom. The molecule has 0 aliphatic rings. The molecule has 0 unspecified atom stereocenters. The predicted octanol–water partition coefficient (Wildman–Crippen LogP) is -1.74. The molecule has 0 saturated carbocycles. The molecule has 0 spiro atoms. The van der Waals surface area contributed by atoms with Gasteiger partial charge >= 0.3 is 12.0 Å². The summed E-state index contributed by atoms with van der Waals surface area (Å²) in [6, 6.07) is -0.630. The molecule has 0 aromatic rings. The summed E-state index contributed by atoms with van der Waals surface area (Å²) >= 11 is 0. The largest absolute Gasteiger partial charge is 0.479 e. The fourth-order valence-electron chi connectivity index (χ4n) is 0.914. The van der Waals surface area contributed by atoms with Gasteiger partial charge in [0.15, 0.2) is 6.10 Å². The van der Waals surface area contributed by atoms with Gasteiger partial charge in [-0.1, -0.05) is 0 Å². The molecule has 0 heterocycles. The number of rotatable bonds is 7.